The molecule has 0 radical (unpaired) electrons. The number of carbonyl (C=O) groups is 2. The van der Waals surface area contributed by atoms with Crippen molar-refractivity contribution in [1.29, 1.82) is 0 Å². The Morgan fingerprint density at radius 1 is 0.846 bits per heavy atom. The molecule has 4 fully saturated rings. The molecule has 4 aliphatic carbocycles. The number of carbonyl (C=O) groups excluding carboxylic acids is 2. The van der Waals surface area contributed by atoms with Crippen LogP contribution in [-0.4, -0.2) is 17.9 Å². The molecule has 0 unspecified atom stereocenters. The first-order chi connectivity index (χ1) is 12.3. The highest BCUT2D eigenvalue weighted by Crippen LogP contribution is 2.67. The third kappa shape index (κ3) is 2.67. The fourth-order valence-corrected chi connectivity index (χ4v) is 8.23. The van der Waals surface area contributed by atoms with Crippen LogP contribution >= 0.6 is 0 Å². The van der Waals surface area contributed by atoms with Crippen LogP contribution in [0, 0.1) is 40.4 Å². The van der Waals surface area contributed by atoms with E-state index in [1.165, 1.54) is 45.4 Å². The summed E-state index contributed by atoms with van der Waals surface area (Å²) in [6.07, 6.45) is 11.0. The topological polar surface area (TPSA) is 43.4 Å². The molecular formula is C23H36O3. The Hall–Kier alpha value is -0.860. The lowest BCUT2D eigenvalue weighted by atomic mass is 9.44. The summed E-state index contributed by atoms with van der Waals surface area (Å²) in [5.41, 5.74) is 0.667. The van der Waals surface area contributed by atoms with Gasteiger partial charge in [0, 0.05) is 12.8 Å². The minimum absolute atomic E-state index is 0.123. The molecule has 4 aliphatic rings. The van der Waals surface area contributed by atoms with Crippen LogP contribution in [0.4, 0.5) is 0 Å². The number of Topliss-reactive ketones (excluding diaryl/α,β-unsaturated/α-hetero) is 1. The van der Waals surface area contributed by atoms with E-state index in [9.17, 15) is 9.59 Å². The van der Waals surface area contributed by atoms with Crippen molar-refractivity contribution in [3.05, 3.63) is 0 Å². The van der Waals surface area contributed by atoms with Gasteiger partial charge in [-0.05, 0) is 99.2 Å². The predicted molar refractivity (Wildman–Crippen MR) is 101 cm³/mol. The van der Waals surface area contributed by atoms with Gasteiger partial charge in [-0.15, -0.1) is 0 Å². The van der Waals surface area contributed by atoms with Gasteiger partial charge in [0.25, 0.3) is 0 Å². The molecule has 3 nitrogen and oxygen atoms in total. The molecule has 4 saturated carbocycles. The zero-order valence-corrected chi connectivity index (χ0v) is 17.1. The van der Waals surface area contributed by atoms with E-state index in [1.54, 1.807) is 0 Å². The third-order valence-corrected chi connectivity index (χ3v) is 9.44. The summed E-state index contributed by atoms with van der Waals surface area (Å²) >= 11 is 0. The van der Waals surface area contributed by atoms with Gasteiger partial charge in [0.05, 0.1) is 0 Å². The largest absolute Gasteiger partial charge is 0.463 e. The number of ketones is 1. The van der Waals surface area contributed by atoms with E-state index in [-0.39, 0.29) is 17.5 Å². The summed E-state index contributed by atoms with van der Waals surface area (Å²) < 4.78 is 5.57. The second-order valence-corrected chi connectivity index (χ2v) is 10.4. The van der Waals surface area contributed by atoms with Crippen LogP contribution in [0.3, 0.4) is 0 Å². The van der Waals surface area contributed by atoms with Gasteiger partial charge >= 0.3 is 5.97 Å². The van der Waals surface area contributed by atoms with Gasteiger partial charge in [-0.25, -0.2) is 0 Å². The standard InChI is InChI=1S/C23H36O3/c1-14(24)19-7-8-20-18-6-5-16-13-17(26-15(2)25)9-11-22(16,3)21(18)10-12-23(19,20)4/h16-21H,5-13H2,1-4H3/t16-,17+,18+,19-,20+,21+,22-,23+/m0/s1. The average Bonchev–Trinajstić information content (AvgIpc) is 2.92. The van der Waals surface area contributed by atoms with Gasteiger partial charge in [-0.1, -0.05) is 13.8 Å². The van der Waals surface area contributed by atoms with Crippen LogP contribution in [-0.2, 0) is 14.3 Å². The minimum atomic E-state index is -0.123. The first kappa shape index (κ1) is 18.5. The zero-order chi connectivity index (χ0) is 18.7. The van der Waals surface area contributed by atoms with Gasteiger partial charge in [-0.2, -0.15) is 0 Å². The molecule has 26 heavy (non-hydrogen) atoms. The highest BCUT2D eigenvalue weighted by atomic mass is 16.5. The van der Waals surface area contributed by atoms with E-state index >= 15 is 0 Å². The zero-order valence-electron chi connectivity index (χ0n) is 17.1. The molecule has 0 heterocycles. The number of fused-ring (bicyclic) bond motifs is 5. The van der Waals surface area contributed by atoms with Crippen LogP contribution in [0.2, 0.25) is 0 Å². The molecule has 0 bridgehead atoms. The molecule has 0 aromatic carbocycles. The quantitative estimate of drug-likeness (QED) is 0.638. The van der Waals surface area contributed by atoms with Crippen molar-refractivity contribution in [1.82, 2.24) is 0 Å². The van der Waals surface area contributed by atoms with E-state index in [2.05, 4.69) is 13.8 Å². The van der Waals surface area contributed by atoms with Crippen molar-refractivity contribution in [2.24, 2.45) is 40.4 Å². The van der Waals surface area contributed by atoms with Crippen molar-refractivity contribution in [3.63, 3.8) is 0 Å². The molecular weight excluding hydrogens is 324 g/mol. The highest BCUT2D eigenvalue weighted by molar-refractivity contribution is 5.79. The van der Waals surface area contributed by atoms with E-state index in [0.29, 0.717) is 23.0 Å². The summed E-state index contributed by atoms with van der Waals surface area (Å²) in [7, 11) is 0. The Balaban J connectivity index is 1.54. The molecule has 8 atom stereocenters. The van der Waals surface area contributed by atoms with Crippen molar-refractivity contribution in [2.45, 2.75) is 91.6 Å². The lowest BCUT2D eigenvalue weighted by Gasteiger charge is -2.61. The Bertz CT molecular complexity index is 598. The molecule has 0 amide bonds. The summed E-state index contributed by atoms with van der Waals surface area (Å²) in [4.78, 5) is 23.6. The number of hydrogen-bond acceptors (Lipinski definition) is 3. The fraction of sp³-hybridized carbons (Fsp3) is 0.913. The van der Waals surface area contributed by atoms with Gasteiger partial charge in [0.15, 0.2) is 0 Å². The number of hydrogen-bond donors (Lipinski definition) is 0. The van der Waals surface area contributed by atoms with Gasteiger partial charge < -0.3 is 4.74 Å². The number of rotatable bonds is 2. The third-order valence-electron chi connectivity index (χ3n) is 9.44. The maximum Gasteiger partial charge on any atom is 0.302 e. The summed E-state index contributed by atoms with van der Waals surface area (Å²) in [5, 5.41) is 0. The van der Waals surface area contributed by atoms with E-state index in [0.717, 1.165) is 37.0 Å². The molecule has 3 heteroatoms. The lowest BCUT2D eigenvalue weighted by molar-refractivity contribution is -0.161. The van der Waals surface area contributed by atoms with Crippen molar-refractivity contribution in [3.8, 4) is 0 Å². The fourth-order valence-electron chi connectivity index (χ4n) is 8.23. The molecule has 0 N–H and O–H groups in total. The summed E-state index contributed by atoms with van der Waals surface area (Å²) in [5.74, 6) is 3.68. The van der Waals surface area contributed by atoms with Gasteiger partial charge in [0.1, 0.15) is 11.9 Å². The molecule has 0 spiro atoms. The lowest BCUT2D eigenvalue weighted by Crippen LogP contribution is -2.54. The summed E-state index contributed by atoms with van der Waals surface area (Å²) in [6, 6.07) is 0. The smallest absolute Gasteiger partial charge is 0.302 e. The Labute approximate surface area is 158 Å². The van der Waals surface area contributed by atoms with Crippen LogP contribution in [0.5, 0.6) is 0 Å². The first-order valence-electron chi connectivity index (χ1n) is 10.9. The number of esters is 1. The SMILES string of the molecule is CC(=O)O[C@@H]1CC[C@@]2(C)[C@@H](CC[C@H]3[C@H]2CC[C@@]2(C)[C@@H]3CC[C@H]2C(C)=O)C1. The van der Waals surface area contributed by atoms with E-state index in [4.69, 9.17) is 4.74 Å². The first-order valence-corrected chi connectivity index (χ1v) is 10.9. The van der Waals surface area contributed by atoms with Crippen LogP contribution in [0.15, 0.2) is 0 Å². The second-order valence-electron chi connectivity index (χ2n) is 10.4. The second kappa shape index (κ2) is 6.34. The molecule has 0 aromatic rings. The predicted octanol–water partition coefficient (Wildman–Crippen LogP) is 5.17. The molecule has 0 saturated heterocycles. The highest BCUT2D eigenvalue weighted by Gasteiger charge is 2.60. The van der Waals surface area contributed by atoms with E-state index < -0.39 is 0 Å². The van der Waals surface area contributed by atoms with E-state index in [1.807, 2.05) is 6.92 Å². The molecule has 146 valence electrons. The molecule has 0 aromatic heterocycles. The van der Waals surface area contributed by atoms with Crippen LogP contribution < -0.4 is 0 Å². The van der Waals surface area contributed by atoms with Crippen molar-refractivity contribution >= 4 is 11.8 Å². The normalized spacial score (nSPS) is 50.3. The number of ether oxygens (including phenoxy) is 1. The minimum Gasteiger partial charge on any atom is -0.463 e. The maximum absolute atomic E-state index is 12.2. The van der Waals surface area contributed by atoms with Gasteiger partial charge in [-0.3, -0.25) is 9.59 Å². The Morgan fingerprint density at radius 2 is 1.54 bits per heavy atom. The van der Waals surface area contributed by atoms with Gasteiger partial charge in [0.2, 0.25) is 0 Å². The molecule has 0 aliphatic heterocycles. The molecule has 4 rings (SSSR count). The van der Waals surface area contributed by atoms with Crippen LogP contribution in [0.25, 0.3) is 0 Å². The van der Waals surface area contributed by atoms with Crippen molar-refractivity contribution < 1.29 is 14.3 Å². The monoisotopic (exact) mass is 360 g/mol. The Kier molecular flexibility index (Phi) is 4.51. The summed E-state index contributed by atoms with van der Waals surface area (Å²) in [6.45, 7) is 8.33. The average molecular weight is 361 g/mol. The van der Waals surface area contributed by atoms with Crippen molar-refractivity contribution in [2.75, 3.05) is 0 Å². The Morgan fingerprint density at radius 3 is 2.23 bits per heavy atom. The maximum atomic E-state index is 12.2. The van der Waals surface area contributed by atoms with Crippen LogP contribution in [0.1, 0.15) is 85.5 Å².